The van der Waals surface area contributed by atoms with E-state index in [0.717, 1.165) is 29.7 Å². The van der Waals surface area contributed by atoms with Crippen LogP contribution in [0.1, 0.15) is 60.0 Å². The Hall–Kier alpha value is -2.82. The standard InChI is InChI=1S/C25H30N2O3/c1-17-7-6-8-18(13-17)24(28)27-22-11-12-23-19(15-22)14-20(16-30-23)25(29)26-21-9-4-2-3-5-10-21/h6-8,11-13,15,20-21H,2-5,9-10,14,16H2,1H3,(H,26,29)(H,27,28)/t20-/m1/s1. The van der Waals surface area contributed by atoms with Crippen molar-refractivity contribution in [2.24, 2.45) is 5.92 Å². The minimum atomic E-state index is -0.191. The number of anilines is 1. The topological polar surface area (TPSA) is 67.4 Å². The van der Waals surface area contributed by atoms with E-state index >= 15 is 0 Å². The van der Waals surface area contributed by atoms with Crippen molar-refractivity contribution >= 4 is 17.5 Å². The number of amides is 2. The summed E-state index contributed by atoms with van der Waals surface area (Å²) in [4.78, 5) is 25.4. The first-order valence-corrected chi connectivity index (χ1v) is 11.0. The van der Waals surface area contributed by atoms with E-state index in [1.165, 1.54) is 25.7 Å². The van der Waals surface area contributed by atoms with Crippen molar-refractivity contribution in [3.63, 3.8) is 0 Å². The molecular formula is C25H30N2O3. The summed E-state index contributed by atoms with van der Waals surface area (Å²) < 4.78 is 5.86. The molecule has 0 saturated heterocycles. The van der Waals surface area contributed by atoms with Crippen molar-refractivity contribution in [2.45, 2.75) is 57.9 Å². The Morgan fingerprint density at radius 2 is 1.80 bits per heavy atom. The summed E-state index contributed by atoms with van der Waals surface area (Å²) in [6.45, 7) is 2.37. The van der Waals surface area contributed by atoms with Crippen molar-refractivity contribution < 1.29 is 14.3 Å². The van der Waals surface area contributed by atoms with Gasteiger partial charge in [0.05, 0.1) is 5.92 Å². The highest BCUT2D eigenvalue weighted by Gasteiger charge is 2.28. The highest BCUT2D eigenvalue weighted by atomic mass is 16.5. The third-order valence-electron chi connectivity index (χ3n) is 6.08. The molecule has 0 bridgehead atoms. The first-order valence-electron chi connectivity index (χ1n) is 11.0. The zero-order valence-corrected chi connectivity index (χ0v) is 17.6. The lowest BCUT2D eigenvalue weighted by Gasteiger charge is -2.27. The smallest absolute Gasteiger partial charge is 0.255 e. The molecule has 2 aromatic rings. The maximum atomic E-state index is 12.8. The molecule has 1 aliphatic carbocycles. The number of carbonyl (C=O) groups excluding carboxylic acids is 2. The summed E-state index contributed by atoms with van der Waals surface area (Å²) in [6, 6.07) is 13.5. The van der Waals surface area contributed by atoms with Crippen molar-refractivity contribution in [1.82, 2.24) is 5.32 Å². The van der Waals surface area contributed by atoms with Gasteiger partial charge >= 0.3 is 0 Å². The fourth-order valence-electron chi connectivity index (χ4n) is 4.37. The number of aryl methyl sites for hydroxylation is 1. The number of hydrogen-bond donors (Lipinski definition) is 2. The first kappa shape index (κ1) is 20.5. The molecule has 0 unspecified atom stereocenters. The number of rotatable bonds is 4. The van der Waals surface area contributed by atoms with E-state index in [2.05, 4.69) is 10.6 Å². The summed E-state index contributed by atoms with van der Waals surface area (Å²) in [6.07, 6.45) is 7.70. The molecule has 1 saturated carbocycles. The average molecular weight is 407 g/mol. The number of benzene rings is 2. The van der Waals surface area contributed by atoms with Crippen LogP contribution in [0.4, 0.5) is 5.69 Å². The summed E-state index contributed by atoms with van der Waals surface area (Å²) in [5, 5.41) is 6.20. The third kappa shape index (κ3) is 5.02. The van der Waals surface area contributed by atoms with E-state index < -0.39 is 0 Å². The van der Waals surface area contributed by atoms with Crippen molar-refractivity contribution in [1.29, 1.82) is 0 Å². The Kier molecular flexibility index (Phi) is 6.36. The van der Waals surface area contributed by atoms with Gasteiger partial charge in [-0.25, -0.2) is 0 Å². The molecule has 1 atom stereocenters. The summed E-state index contributed by atoms with van der Waals surface area (Å²) in [7, 11) is 0. The number of ether oxygens (including phenoxy) is 1. The molecule has 2 N–H and O–H groups in total. The van der Waals surface area contributed by atoms with E-state index in [0.29, 0.717) is 30.3 Å². The number of carbonyl (C=O) groups is 2. The quantitative estimate of drug-likeness (QED) is 0.727. The highest BCUT2D eigenvalue weighted by molar-refractivity contribution is 6.04. The van der Waals surface area contributed by atoms with Crippen LogP contribution < -0.4 is 15.4 Å². The SMILES string of the molecule is Cc1cccc(C(=O)Nc2ccc3c(c2)C[C@@H](C(=O)NC2CCCCCC2)CO3)c1. The zero-order chi connectivity index (χ0) is 20.9. The van der Waals surface area contributed by atoms with Crippen LogP contribution in [-0.2, 0) is 11.2 Å². The van der Waals surface area contributed by atoms with Crippen LogP contribution in [0, 0.1) is 12.8 Å². The van der Waals surface area contributed by atoms with Gasteiger partial charge in [-0.1, -0.05) is 43.4 Å². The lowest BCUT2D eigenvalue weighted by Crippen LogP contribution is -2.42. The molecule has 30 heavy (non-hydrogen) atoms. The summed E-state index contributed by atoms with van der Waals surface area (Å²) >= 11 is 0. The molecule has 1 heterocycles. The van der Waals surface area contributed by atoms with Crippen LogP contribution in [0.3, 0.4) is 0 Å². The monoisotopic (exact) mass is 406 g/mol. The molecule has 5 nitrogen and oxygen atoms in total. The predicted octanol–water partition coefficient (Wildman–Crippen LogP) is 4.64. The van der Waals surface area contributed by atoms with Crippen LogP contribution in [0.25, 0.3) is 0 Å². The van der Waals surface area contributed by atoms with Gasteiger partial charge in [-0.05, 0) is 62.1 Å². The minimum absolute atomic E-state index is 0.0850. The molecule has 4 rings (SSSR count). The van der Waals surface area contributed by atoms with Gasteiger partial charge in [-0.3, -0.25) is 9.59 Å². The van der Waals surface area contributed by atoms with Gasteiger partial charge in [-0.2, -0.15) is 0 Å². The zero-order valence-electron chi connectivity index (χ0n) is 17.6. The minimum Gasteiger partial charge on any atom is -0.492 e. The van der Waals surface area contributed by atoms with E-state index in [4.69, 9.17) is 4.74 Å². The number of hydrogen-bond acceptors (Lipinski definition) is 3. The molecule has 158 valence electrons. The predicted molar refractivity (Wildman–Crippen MR) is 118 cm³/mol. The average Bonchev–Trinajstić information content (AvgIpc) is 3.02. The summed E-state index contributed by atoms with van der Waals surface area (Å²) in [5.74, 6) is 0.547. The Balaban J connectivity index is 1.40. The fraction of sp³-hybridized carbons (Fsp3) is 0.440. The van der Waals surface area contributed by atoms with Crippen molar-refractivity contribution in [3.05, 3.63) is 59.2 Å². The third-order valence-corrected chi connectivity index (χ3v) is 6.08. The van der Waals surface area contributed by atoms with E-state index in [1.807, 2.05) is 43.3 Å². The molecular weight excluding hydrogens is 376 g/mol. The Labute approximate surface area is 178 Å². The van der Waals surface area contributed by atoms with Crippen LogP contribution in [0.15, 0.2) is 42.5 Å². The molecule has 2 amide bonds. The van der Waals surface area contributed by atoms with E-state index in [1.54, 1.807) is 6.07 Å². The lowest BCUT2D eigenvalue weighted by molar-refractivity contribution is -0.127. The Morgan fingerprint density at radius 1 is 1.00 bits per heavy atom. The maximum absolute atomic E-state index is 12.8. The van der Waals surface area contributed by atoms with E-state index in [-0.39, 0.29) is 17.7 Å². The highest BCUT2D eigenvalue weighted by Crippen LogP contribution is 2.30. The first-order chi connectivity index (χ1) is 14.6. The fourth-order valence-corrected chi connectivity index (χ4v) is 4.37. The molecule has 2 aromatic carbocycles. The van der Waals surface area contributed by atoms with Crippen LogP contribution >= 0.6 is 0 Å². The van der Waals surface area contributed by atoms with Gasteiger partial charge in [0.15, 0.2) is 0 Å². The van der Waals surface area contributed by atoms with Gasteiger partial charge in [0.2, 0.25) is 5.91 Å². The second-order valence-electron chi connectivity index (χ2n) is 8.56. The molecule has 5 heteroatoms. The van der Waals surface area contributed by atoms with Gasteiger partial charge < -0.3 is 15.4 Å². The van der Waals surface area contributed by atoms with Crippen LogP contribution in [0.2, 0.25) is 0 Å². The molecule has 0 spiro atoms. The lowest BCUT2D eigenvalue weighted by atomic mass is 9.95. The largest absolute Gasteiger partial charge is 0.492 e. The molecule has 0 aromatic heterocycles. The van der Waals surface area contributed by atoms with Crippen LogP contribution in [0.5, 0.6) is 5.75 Å². The number of nitrogens with one attached hydrogen (secondary N) is 2. The molecule has 1 fully saturated rings. The second-order valence-corrected chi connectivity index (χ2v) is 8.56. The normalized spacial score (nSPS) is 19.2. The second kappa shape index (κ2) is 9.33. The van der Waals surface area contributed by atoms with Crippen molar-refractivity contribution in [2.75, 3.05) is 11.9 Å². The van der Waals surface area contributed by atoms with Crippen molar-refractivity contribution in [3.8, 4) is 5.75 Å². The van der Waals surface area contributed by atoms with Crippen LogP contribution in [-0.4, -0.2) is 24.5 Å². The van der Waals surface area contributed by atoms with Gasteiger partial charge in [0, 0.05) is 17.3 Å². The van der Waals surface area contributed by atoms with E-state index in [9.17, 15) is 9.59 Å². The van der Waals surface area contributed by atoms with Gasteiger partial charge in [0.1, 0.15) is 12.4 Å². The Bertz CT molecular complexity index is 916. The van der Waals surface area contributed by atoms with Gasteiger partial charge in [-0.15, -0.1) is 0 Å². The Morgan fingerprint density at radius 3 is 2.57 bits per heavy atom. The molecule has 1 aliphatic heterocycles. The number of fused-ring (bicyclic) bond motifs is 1. The maximum Gasteiger partial charge on any atom is 0.255 e. The molecule has 2 aliphatic rings. The molecule has 0 radical (unpaired) electrons. The summed E-state index contributed by atoms with van der Waals surface area (Å²) in [5.41, 5.74) is 3.35. The van der Waals surface area contributed by atoms with Gasteiger partial charge in [0.25, 0.3) is 5.91 Å².